The lowest BCUT2D eigenvalue weighted by Crippen LogP contribution is -2.30. The Kier molecular flexibility index (Phi) is 5.98. The van der Waals surface area contributed by atoms with Gasteiger partial charge in [0.1, 0.15) is 0 Å². The highest BCUT2D eigenvalue weighted by Gasteiger charge is 2.18. The Bertz CT molecular complexity index is 874. The first-order valence-corrected chi connectivity index (χ1v) is 9.75. The molecule has 1 amide bonds. The average molecular weight is 360 g/mol. The van der Waals surface area contributed by atoms with Gasteiger partial charge in [-0.25, -0.2) is 13.1 Å². The van der Waals surface area contributed by atoms with E-state index in [1.54, 1.807) is 26.0 Å². The lowest BCUT2D eigenvalue weighted by molar-refractivity contribution is 0.102. The van der Waals surface area contributed by atoms with Crippen LogP contribution in [0.3, 0.4) is 0 Å². The molecule has 0 aliphatic heterocycles. The zero-order valence-corrected chi connectivity index (χ0v) is 15.8. The second-order valence-corrected chi connectivity index (χ2v) is 7.93. The fourth-order valence-corrected chi connectivity index (χ4v) is 3.87. The number of rotatable bonds is 6. The predicted octanol–water partition coefficient (Wildman–Crippen LogP) is 3.50. The summed E-state index contributed by atoms with van der Waals surface area (Å²) in [5.41, 5.74) is 3.09. The molecule has 5 nitrogen and oxygen atoms in total. The van der Waals surface area contributed by atoms with Gasteiger partial charge in [0.2, 0.25) is 10.0 Å². The normalized spacial score (nSPS) is 11.6. The van der Waals surface area contributed by atoms with E-state index in [0.29, 0.717) is 5.56 Å². The molecular weight excluding hydrogens is 336 g/mol. The molecule has 0 saturated heterocycles. The fraction of sp³-hybridized carbons (Fsp3) is 0.316. The van der Waals surface area contributed by atoms with Gasteiger partial charge in [-0.3, -0.25) is 4.79 Å². The molecule has 0 fully saturated rings. The summed E-state index contributed by atoms with van der Waals surface area (Å²) in [6, 6.07) is 11.7. The standard InChI is InChI=1S/C19H24N2O3S/c1-5-15-9-6-8-14(4)18(15)20-19(22)16-10-7-11-17(12-16)25(23,24)21-13(2)3/h6-13,21H,5H2,1-4H3,(H,20,22). The number of para-hydroxylation sites is 1. The van der Waals surface area contributed by atoms with E-state index in [-0.39, 0.29) is 16.8 Å². The van der Waals surface area contributed by atoms with E-state index in [1.165, 1.54) is 12.1 Å². The number of nitrogens with one attached hydrogen (secondary N) is 2. The van der Waals surface area contributed by atoms with Crippen molar-refractivity contribution in [3.05, 3.63) is 59.2 Å². The zero-order valence-electron chi connectivity index (χ0n) is 15.0. The van der Waals surface area contributed by atoms with Gasteiger partial charge < -0.3 is 5.32 Å². The molecule has 0 unspecified atom stereocenters. The number of hydrogen-bond donors (Lipinski definition) is 2. The van der Waals surface area contributed by atoms with Gasteiger partial charge in [0.15, 0.2) is 0 Å². The first kappa shape index (κ1) is 19.1. The molecule has 2 aromatic carbocycles. The molecule has 0 aliphatic rings. The van der Waals surface area contributed by atoms with E-state index in [1.807, 2.05) is 32.0 Å². The van der Waals surface area contributed by atoms with Gasteiger partial charge in [-0.05, 0) is 56.5 Å². The summed E-state index contributed by atoms with van der Waals surface area (Å²) in [5.74, 6) is -0.328. The molecule has 0 heterocycles. The smallest absolute Gasteiger partial charge is 0.255 e. The van der Waals surface area contributed by atoms with Crippen LogP contribution in [0.25, 0.3) is 0 Å². The zero-order chi connectivity index (χ0) is 18.6. The number of amides is 1. The molecule has 25 heavy (non-hydrogen) atoms. The van der Waals surface area contributed by atoms with Crippen molar-refractivity contribution in [2.45, 2.75) is 45.1 Å². The molecule has 2 aromatic rings. The molecule has 0 radical (unpaired) electrons. The second-order valence-electron chi connectivity index (χ2n) is 6.22. The summed E-state index contributed by atoms with van der Waals surface area (Å²) in [6.07, 6.45) is 0.796. The first-order chi connectivity index (χ1) is 11.7. The Labute approximate surface area is 149 Å². The maximum absolute atomic E-state index is 12.6. The van der Waals surface area contributed by atoms with Crippen LogP contribution >= 0.6 is 0 Å². The molecule has 0 bridgehead atoms. The molecule has 2 rings (SSSR count). The van der Waals surface area contributed by atoms with Crippen molar-refractivity contribution in [2.24, 2.45) is 0 Å². The third-order valence-corrected chi connectivity index (χ3v) is 5.43. The van der Waals surface area contributed by atoms with E-state index in [9.17, 15) is 13.2 Å². The van der Waals surface area contributed by atoms with Gasteiger partial charge in [-0.15, -0.1) is 0 Å². The molecule has 0 atom stereocenters. The number of hydrogen-bond acceptors (Lipinski definition) is 3. The summed E-state index contributed by atoms with van der Waals surface area (Å²) in [4.78, 5) is 12.7. The Balaban J connectivity index is 2.32. The van der Waals surface area contributed by atoms with Crippen molar-refractivity contribution < 1.29 is 13.2 Å². The van der Waals surface area contributed by atoms with Crippen molar-refractivity contribution in [2.75, 3.05) is 5.32 Å². The van der Waals surface area contributed by atoms with Gasteiger partial charge in [-0.1, -0.05) is 31.2 Å². The summed E-state index contributed by atoms with van der Waals surface area (Å²) >= 11 is 0. The number of aryl methyl sites for hydroxylation is 2. The highest BCUT2D eigenvalue weighted by molar-refractivity contribution is 7.89. The summed E-state index contributed by atoms with van der Waals surface area (Å²) < 4.78 is 27.1. The lowest BCUT2D eigenvalue weighted by Gasteiger charge is -2.14. The Hall–Kier alpha value is -2.18. The van der Waals surface area contributed by atoms with Crippen LogP contribution in [-0.2, 0) is 16.4 Å². The van der Waals surface area contributed by atoms with Gasteiger partial charge in [0.25, 0.3) is 5.91 Å². The van der Waals surface area contributed by atoms with Crippen molar-refractivity contribution in [3.63, 3.8) is 0 Å². The number of anilines is 1. The molecular formula is C19H24N2O3S. The van der Waals surface area contributed by atoms with E-state index < -0.39 is 10.0 Å². The van der Waals surface area contributed by atoms with Gasteiger partial charge in [-0.2, -0.15) is 0 Å². The van der Waals surface area contributed by atoms with Crippen LogP contribution in [0.1, 0.15) is 42.3 Å². The van der Waals surface area contributed by atoms with Crippen LogP contribution in [0, 0.1) is 6.92 Å². The summed E-state index contributed by atoms with van der Waals surface area (Å²) in [6.45, 7) is 7.45. The molecule has 6 heteroatoms. The second kappa shape index (κ2) is 7.80. The maximum Gasteiger partial charge on any atom is 0.255 e. The molecule has 2 N–H and O–H groups in total. The minimum Gasteiger partial charge on any atom is -0.321 e. The van der Waals surface area contributed by atoms with E-state index in [4.69, 9.17) is 0 Å². The van der Waals surface area contributed by atoms with Crippen LogP contribution in [0.15, 0.2) is 47.4 Å². The third-order valence-electron chi connectivity index (χ3n) is 3.78. The Morgan fingerprint density at radius 2 is 1.80 bits per heavy atom. The highest BCUT2D eigenvalue weighted by Crippen LogP contribution is 2.22. The predicted molar refractivity (Wildman–Crippen MR) is 100 cm³/mol. The van der Waals surface area contributed by atoms with Crippen LogP contribution < -0.4 is 10.0 Å². The maximum atomic E-state index is 12.6. The summed E-state index contributed by atoms with van der Waals surface area (Å²) in [7, 11) is -3.64. The van der Waals surface area contributed by atoms with Gasteiger partial charge >= 0.3 is 0 Å². The number of benzene rings is 2. The first-order valence-electron chi connectivity index (χ1n) is 8.27. The number of carbonyl (C=O) groups is 1. The molecule has 134 valence electrons. The van der Waals surface area contributed by atoms with E-state index in [0.717, 1.165) is 23.2 Å². The van der Waals surface area contributed by atoms with Crippen LogP contribution in [0.5, 0.6) is 0 Å². The minimum absolute atomic E-state index is 0.0781. The molecule has 0 spiro atoms. The molecule has 0 aromatic heterocycles. The van der Waals surface area contributed by atoms with Crippen LogP contribution in [0.4, 0.5) is 5.69 Å². The third kappa shape index (κ3) is 4.67. The fourth-order valence-electron chi connectivity index (χ4n) is 2.57. The molecule has 0 aliphatic carbocycles. The van der Waals surface area contributed by atoms with Crippen molar-refractivity contribution >= 4 is 21.6 Å². The number of sulfonamides is 1. The minimum atomic E-state index is -3.64. The Morgan fingerprint density at radius 3 is 2.44 bits per heavy atom. The quantitative estimate of drug-likeness (QED) is 0.828. The SMILES string of the molecule is CCc1cccc(C)c1NC(=O)c1cccc(S(=O)(=O)NC(C)C)c1. The molecule has 0 saturated carbocycles. The topological polar surface area (TPSA) is 75.3 Å². The monoisotopic (exact) mass is 360 g/mol. The average Bonchev–Trinajstić information content (AvgIpc) is 2.55. The van der Waals surface area contributed by atoms with Gasteiger partial charge in [0.05, 0.1) is 4.90 Å². The van der Waals surface area contributed by atoms with Crippen LogP contribution in [-0.4, -0.2) is 20.4 Å². The lowest BCUT2D eigenvalue weighted by atomic mass is 10.1. The van der Waals surface area contributed by atoms with Crippen LogP contribution in [0.2, 0.25) is 0 Å². The van der Waals surface area contributed by atoms with E-state index in [2.05, 4.69) is 10.0 Å². The van der Waals surface area contributed by atoms with E-state index >= 15 is 0 Å². The van der Waals surface area contributed by atoms with Crippen molar-refractivity contribution in [3.8, 4) is 0 Å². The largest absolute Gasteiger partial charge is 0.321 e. The summed E-state index contributed by atoms with van der Waals surface area (Å²) in [5, 5.41) is 2.91. The number of carbonyl (C=O) groups excluding carboxylic acids is 1. The Morgan fingerprint density at radius 1 is 1.12 bits per heavy atom. The van der Waals surface area contributed by atoms with Crippen molar-refractivity contribution in [1.29, 1.82) is 0 Å². The van der Waals surface area contributed by atoms with Crippen molar-refractivity contribution in [1.82, 2.24) is 4.72 Å². The highest BCUT2D eigenvalue weighted by atomic mass is 32.2. The van der Waals surface area contributed by atoms with Gasteiger partial charge in [0, 0.05) is 17.3 Å².